The third-order valence-electron chi connectivity index (χ3n) is 2.51. The molecule has 2 rings (SSSR count). The Morgan fingerprint density at radius 2 is 2.08 bits per heavy atom. The Morgan fingerprint density at radius 3 is 2.77 bits per heavy atom. The van der Waals surface area contributed by atoms with Gasteiger partial charge in [-0.2, -0.15) is 0 Å². The molecular formula is C12H13Cl. The van der Waals surface area contributed by atoms with Gasteiger partial charge in [-0.15, -0.1) is 0 Å². The first-order chi connectivity index (χ1) is 6.36. The molecule has 0 fully saturated rings. The first-order valence-electron chi connectivity index (χ1n) is 4.77. The number of hydrogen-bond donors (Lipinski definition) is 0. The van der Waals surface area contributed by atoms with Crippen LogP contribution in [0, 0.1) is 0 Å². The summed E-state index contributed by atoms with van der Waals surface area (Å²) in [6, 6.07) is 8.11. The summed E-state index contributed by atoms with van der Waals surface area (Å²) in [5.74, 6) is 0. The van der Waals surface area contributed by atoms with E-state index in [0.29, 0.717) is 0 Å². The largest absolute Gasteiger partial charge is 0.0850 e. The number of rotatable bonds is 2. The van der Waals surface area contributed by atoms with E-state index >= 15 is 0 Å². The van der Waals surface area contributed by atoms with Crippen LogP contribution in [0.25, 0.3) is 0 Å². The van der Waals surface area contributed by atoms with Gasteiger partial charge in [-0.25, -0.2) is 0 Å². The summed E-state index contributed by atoms with van der Waals surface area (Å²) in [5.41, 5.74) is 2.81. The van der Waals surface area contributed by atoms with Crippen LogP contribution in [0.3, 0.4) is 0 Å². The number of hydrogen-bond acceptors (Lipinski definition) is 0. The molecule has 68 valence electrons. The maximum atomic E-state index is 6.08. The lowest BCUT2D eigenvalue weighted by molar-refractivity contribution is 0.887. The number of halogens is 1. The van der Waals surface area contributed by atoms with E-state index in [1.165, 1.54) is 24.8 Å². The van der Waals surface area contributed by atoms with Gasteiger partial charge < -0.3 is 0 Å². The van der Waals surface area contributed by atoms with Crippen molar-refractivity contribution in [2.75, 3.05) is 0 Å². The molecule has 0 bridgehead atoms. The fraction of sp³-hybridized carbons (Fsp3) is 0.333. The van der Waals surface area contributed by atoms with Gasteiger partial charge in [0.2, 0.25) is 0 Å². The lowest BCUT2D eigenvalue weighted by Gasteiger charge is -2.04. The van der Waals surface area contributed by atoms with E-state index in [0.717, 1.165) is 11.4 Å². The third kappa shape index (κ3) is 2.13. The second-order valence-corrected chi connectivity index (χ2v) is 3.93. The average molecular weight is 193 g/mol. The van der Waals surface area contributed by atoms with E-state index in [4.69, 9.17) is 11.6 Å². The molecule has 1 heteroatoms. The van der Waals surface area contributed by atoms with E-state index in [2.05, 4.69) is 18.2 Å². The zero-order valence-electron chi connectivity index (χ0n) is 7.59. The Bertz CT molecular complexity index is 326. The predicted molar refractivity (Wildman–Crippen MR) is 57.1 cm³/mol. The molecule has 1 aromatic carbocycles. The molecule has 0 aliphatic heterocycles. The van der Waals surface area contributed by atoms with Crippen LogP contribution in [0.5, 0.6) is 0 Å². The lowest BCUT2D eigenvalue weighted by atomic mass is 10.1. The van der Waals surface area contributed by atoms with E-state index in [1.54, 1.807) is 5.57 Å². The first-order valence-corrected chi connectivity index (χ1v) is 5.15. The van der Waals surface area contributed by atoms with E-state index in [9.17, 15) is 0 Å². The Hall–Kier alpha value is -0.750. The summed E-state index contributed by atoms with van der Waals surface area (Å²) in [6.45, 7) is 0. The molecule has 13 heavy (non-hydrogen) atoms. The van der Waals surface area contributed by atoms with E-state index in [-0.39, 0.29) is 0 Å². The summed E-state index contributed by atoms with van der Waals surface area (Å²) in [6.07, 6.45) is 7.22. The molecule has 0 atom stereocenters. The minimum absolute atomic E-state index is 0.898. The Morgan fingerprint density at radius 1 is 1.23 bits per heavy atom. The van der Waals surface area contributed by atoms with Gasteiger partial charge in [-0.05, 0) is 37.3 Å². The van der Waals surface area contributed by atoms with Crippen molar-refractivity contribution in [3.05, 3.63) is 46.5 Å². The first kappa shape index (κ1) is 8.83. The lowest BCUT2D eigenvalue weighted by Crippen LogP contribution is -1.88. The minimum Gasteiger partial charge on any atom is -0.0850 e. The molecule has 0 N–H and O–H groups in total. The van der Waals surface area contributed by atoms with E-state index < -0.39 is 0 Å². The van der Waals surface area contributed by atoms with Crippen LogP contribution in [0.2, 0.25) is 5.02 Å². The van der Waals surface area contributed by atoms with Crippen molar-refractivity contribution < 1.29 is 0 Å². The zero-order valence-corrected chi connectivity index (χ0v) is 8.35. The molecule has 0 heterocycles. The Labute approximate surface area is 84.2 Å². The van der Waals surface area contributed by atoms with Crippen LogP contribution in [-0.4, -0.2) is 0 Å². The van der Waals surface area contributed by atoms with Crippen molar-refractivity contribution in [3.8, 4) is 0 Å². The zero-order chi connectivity index (χ0) is 9.10. The van der Waals surface area contributed by atoms with Gasteiger partial charge in [0.15, 0.2) is 0 Å². The van der Waals surface area contributed by atoms with Crippen LogP contribution in [0.15, 0.2) is 35.9 Å². The average Bonchev–Trinajstić information content (AvgIpc) is 2.61. The van der Waals surface area contributed by atoms with Crippen molar-refractivity contribution in [2.45, 2.75) is 25.7 Å². The second kappa shape index (κ2) is 3.97. The molecule has 1 aromatic rings. The van der Waals surface area contributed by atoms with Gasteiger partial charge in [0.25, 0.3) is 0 Å². The van der Waals surface area contributed by atoms with Gasteiger partial charge in [-0.1, -0.05) is 41.4 Å². The van der Waals surface area contributed by atoms with Crippen molar-refractivity contribution in [3.63, 3.8) is 0 Å². The van der Waals surface area contributed by atoms with Crippen molar-refractivity contribution >= 4 is 11.6 Å². The smallest absolute Gasteiger partial charge is 0.0441 e. The predicted octanol–water partition coefficient (Wildman–Crippen LogP) is 3.99. The fourth-order valence-corrected chi connectivity index (χ4v) is 1.99. The molecule has 0 unspecified atom stereocenters. The maximum absolute atomic E-state index is 6.08. The molecule has 0 nitrogen and oxygen atoms in total. The van der Waals surface area contributed by atoms with E-state index in [1.807, 2.05) is 12.1 Å². The summed E-state index contributed by atoms with van der Waals surface area (Å²) < 4.78 is 0. The van der Waals surface area contributed by atoms with Gasteiger partial charge in [0.1, 0.15) is 0 Å². The summed E-state index contributed by atoms with van der Waals surface area (Å²) in [5, 5.41) is 0.898. The van der Waals surface area contributed by atoms with Gasteiger partial charge >= 0.3 is 0 Å². The summed E-state index contributed by atoms with van der Waals surface area (Å²) in [7, 11) is 0. The number of benzene rings is 1. The topological polar surface area (TPSA) is 0 Å². The molecule has 0 amide bonds. The summed E-state index contributed by atoms with van der Waals surface area (Å²) >= 11 is 6.08. The minimum atomic E-state index is 0.898. The SMILES string of the molecule is Clc1ccccc1CC1=CCCC1. The molecule has 0 saturated heterocycles. The summed E-state index contributed by atoms with van der Waals surface area (Å²) in [4.78, 5) is 0. The highest BCUT2D eigenvalue weighted by Gasteiger charge is 2.06. The van der Waals surface area contributed by atoms with Crippen molar-refractivity contribution in [1.82, 2.24) is 0 Å². The van der Waals surface area contributed by atoms with Crippen LogP contribution >= 0.6 is 11.6 Å². The quantitative estimate of drug-likeness (QED) is 0.622. The van der Waals surface area contributed by atoms with Crippen molar-refractivity contribution in [1.29, 1.82) is 0 Å². The highest BCUT2D eigenvalue weighted by molar-refractivity contribution is 6.31. The van der Waals surface area contributed by atoms with Gasteiger partial charge in [-0.3, -0.25) is 0 Å². The van der Waals surface area contributed by atoms with Crippen LogP contribution in [0.1, 0.15) is 24.8 Å². The van der Waals surface area contributed by atoms with Gasteiger partial charge in [0.05, 0.1) is 0 Å². The van der Waals surface area contributed by atoms with Crippen LogP contribution < -0.4 is 0 Å². The normalized spacial score (nSPS) is 15.9. The Kier molecular flexibility index (Phi) is 2.70. The molecule has 0 saturated carbocycles. The maximum Gasteiger partial charge on any atom is 0.0441 e. The standard InChI is InChI=1S/C12H13Cl/c13-12-8-4-3-7-11(12)9-10-5-1-2-6-10/h3-5,7-8H,1-2,6,9H2. The molecule has 0 radical (unpaired) electrons. The number of allylic oxidation sites excluding steroid dienone is 2. The van der Waals surface area contributed by atoms with Gasteiger partial charge in [0, 0.05) is 5.02 Å². The van der Waals surface area contributed by atoms with Crippen molar-refractivity contribution in [2.24, 2.45) is 0 Å². The molecule has 1 aliphatic carbocycles. The molecular weight excluding hydrogens is 180 g/mol. The molecule has 1 aliphatic rings. The monoisotopic (exact) mass is 192 g/mol. The Balaban J connectivity index is 2.13. The third-order valence-corrected chi connectivity index (χ3v) is 2.88. The fourth-order valence-electron chi connectivity index (χ4n) is 1.78. The molecule has 0 aromatic heterocycles. The van der Waals surface area contributed by atoms with Crippen LogP contribution in [0.4, 0.5) is 0 Å². The molecule has 0 spiro atoms. The highest BCUT2D eigenvalue weighted by Crippen LogP contribution is 2.24. The highest BCUT2D eigenvalue weighted by atomic mass is 35.5. The van der Waals surface area contributed by atoms with Crippen LogP contribution in [-0.2, 0) is 6.42 Å². The second-order valence-electron chi connectivity index (χ2n) is 3.52.